The molecule has 0 aliphatic heterocycles. The van der Waals surface area contributed by atoms with Gasteiger partial charge in [-0.05, 0) is 61.9 Å². The van der Waals surface area contributed by atoms with Crippen LogP contribution in [-0.4, -0.2) is 23.8 Å². The third-order valence-corrected chi connectivity index (χ3v) is 4.47. The Balaban J connectivity index is 1.66. The number of carbonyl (C=O) groups is 1. The first-order chi connectivity index (χ1) is 13.5. The number of halogens is 1. The molecule has 3 aromatic rings. The summed E-state index contributed by atoms with van der Waals surface area (Å²) in [6.07, 6.45) is 1.85. The number of carbonyl (C=O) groups excluding carboxylic acids is 1. The van der Waals surface area contributed by atoms with Gasteiger partial charge in [-0.15, -0.1) is 0 Å². The van der Waals surface area contributed by atoms with Crippen molar-refractivity contribution in [3.05, 3.63) is 82.9 Å². The fourth-order valence-electron chi connectivity index (χ4n) is 3.05. The molecule has 0 radical (unpaired) electrons. The Labute approximate surface area is 163 Å². The summed E-state index contributed by atoms with van der Waals surface area (Å²) in [6.45, 7) is 3.92. The summed E-state index contributed by atoms with van der Waals surface area (Å²) in [5.74, 6) is 0.278. The Hall–Kier alpha value is -3.41. The summed E-state index contributed by atoms with van der Waals surface area (Å²) < 4.78 is 20.3. The van der Waals surface area contributed by atoms with Crippen LogP contribution in [0.3, 0.4) is 0 Å². The van der Waals surface area contributed by atoms with Gasteiger partial charge < -0.3 is 9.30 Å². The topological polar surface area (TPSA) is 55.6 Å². The van der Waals surface area contributed by atoms with E-state index < -0.39 is 0 Å². The van der Waals surface area contributed by atoms with Crippen LogP contribution in [-0.2, 0) is 11.2 Å². The maximum absolute atomic E-state index is 13.2. The molecule has 3 rings (SSSR count). The number of ether oxygens (including phenoxy) is 1. The number of nitrogens with one attached hydrogen (secondary N) is 1. The first-order valence-electron chi connectivity index (χ1n) is 8.87. The number of hydrazone groups is 1. The number of aromatic nitrogens is 1. The summed E-state index contributed by atoms with van der Waals surface area (Å²) in [5.41, 5.74) is 7.14. The lowest BCUT2D eigenvalue weighted by Gasteiger charge is -2.09. The molecule has 0 spiro atoms. The minimum absolute atomic E-state index is 0.200. The maximum atomic E-state index is 13.2. The lowest BCUT2D eigenvalue weighted by molar-refractivity contribution is -0.120. The summed E-state index contributed by atoms with van der Waals surface area (Å²) in [5, 5.41) is 4.07. The van der Waals surface area contributed by atoms with E-state index in [1.807, 2.05) is 48.7 Å². The number of aryl methyl sites for hydroxylation is 1. The molecule has 0 bridgehead atoms. The minimum atomic E-state index is -0.271. The number of hydrogen-bond donors (Lipinski definition) is 1. The Bertz CT molecular complexity index is 990. The van der Waals surface area contributed by atoms with Crippen molar-refractivity contribution < 1.29 is 13.9 Å². The maximum Gasteiger partial charge on any atom is 0.244 e. The molecule has 6 heteroatoms. The summed E-state index contributed by atoms with van der Waals surface area (Å²) in [6, 6.07) is 15.6. The Kier molecular flexibility index (Phi) is 5.89. The van der Waals surface area contributed by atoms with E-state index in [1.54, 1.807) is 25.5 Å². The number of amides is 1. The van der Waals surface area contributed by atoms with Crippen molar-refractivity contribution in [1.29, 1.82) is 0 Å². The van der Waals surface area contributed by atoms with E-state index in [0.717, 1.165) is 34.0 Å². The van der Waals surface area contributed by atoms with Crippen molar-refractivity contribution in [3.63, 3.8) is 0 Å². The van der Waals surface area contributed by atoms with Crippen LogP contribution in [0.25, 0.3) is 5.69 Å². The van der Waals surface area contributed by atoms with Crippen molar-refractivity contribution in [2.24, 2.45) is 5.10 Å². The molecule has 0 saturated carbocycles. The third kappa shape index (κ3) is 4.46. The molecule has 2 aromatic carbocycles. The van der Waals surface area contributed by atoms with Gasteiger partial charge in [0.15, 0.2) is 0 Å². The predicted molar refractivity (Wildman–Crippen MR) is 108 cm³/mol. The zero-order valence-electron chi connectivity index (χ0n) is 16.1. The molecular formula is C22H22FN3O2. The average molecular weight is 379 g/mol. The normalized spacial score (nSPS) is 11.0. The highest BCUT2D eigenvalue weighted by molar-refractivity contribution is 5.84. The van der Waals surface area contributed by atoms with E-state index in [2.05, 4.69) is 10.5 Å². The molecule has 1 amide bonds. The van der Waals surface area contributed by atoms with Crippen molar-refractivity contribution in [1.82, 2.24) is 9.99 Å². The summed E-state index contributed by atoms with van der Waals surface area (Å²) in [7, 11) is 1.60. The predicted octanol–water partition coefficient (Wildman–Crippen LogP) is 3.93. The molecule has 0 aliphatic carbocycles. The van der Waals surface area contributed by atoms with Crippen LogP contribution in [0.4, 0.5) is 4.39 Å². The summed E-state index contributed by atoms with van der Waals surface area (Å²) in [4.78, 5) is 12.1. The van der Waals surface area contributed by atoms with Gasteiger partial charge in [0, 0.05) is 22.6 Å². The molecule has 5 nitrogen and oxygen atoms in total. The molecule has 144 valence electrons. The first kappa shape index (κ1) is 19.4. The van der Waals surface area contributed by atoms with Gasteiger partial charge in [-0.1, -0.05) is 12.1 Å². The van der Waals surface area contributed by atoms with Gasteiger partial charge in [0.2, 0.25) is 5.91 Å². The standard InChI is InChI=1S/C22H22FN3O2/c1-15-12-18(16(2)26(15)20-8-6-19(23)7-9-20)14-24-25-22(27)13-17-4-10-21(28-3)11-5-17/h4-12,14H,13H2,1-3H3,(H,25,27)/b24-14-. The molecule has 0 saturated heterocycles. The fourth-order valence-corrected chi connectivity index (χ4v) is 3.05. The highest BCUT2D eigenvalue weighted by Gasteiger charge is 2.10. The molecule has 1 aromatic heterocycles. The lowest BCUT2D eigenvalue weighted by Crippen LogP contribution is -2.19. The molecule has 0 aliphatic rings. The number of rotatable bonds is 6. The van der Waals surface area contributed by atoms with Crippen LogP contribution in [0.15, 0.2) is 59.7 Å². The van der Waals surface area contributed by atoms with Gasteiger partial charge in [-0.25, -0.2) is 9.82 Å². The monoisotopic (exact) mass is 379 g/mol. The van der Waals surface area contributed by atoms with E-state index >= 15 is 0 Å². The second-order valence-corrected chi connectivity index (χ2v) is 6.46. The zero-order chi connectivity index (χ0) is 20.1. The van der Waals surface area contributed by atoms with Crippen molar-refractivity contribution in [2.75, 3.05) is 7.11 Å². The van der Waals surface area contributed by atoms with E-state index in [9.17, 15) is 9.18 Å². The molecule has 1 N–H and O–H groups in total. The minimum Gasteiger partial charge on any atom is -0.497 e. The Morgan fingerprint density at radius 2 is 1.82 bits per heavy atom. The van der Waals surface area contributed by atoms with Crippen molar-refractivity contribution in [3.8, 4) is 11.4 Å². The van der Waals surface area contributed by atoms with Gasteiger partial charge >= 0.3 is 0 Å². The molecule has 0 fully saturated rings. The van der Waals surface area contributed by atoms with Crippen LogP contribution in [0.2, 0.25) is 0 Å². The van der Waals surface area contributed by atoms with Gasteiger partial charge in [0.25, 0.3) is 0 Å². The summed E-state index contributed by atoms with van der Waals surface area (Å²) >= 11 is 0. The molecular weight excluding hydrogens is 357 g/mol. The van der Waals surface area contributed by atoms with Crippen LogP contribution in [0.1, 0.15) is 22.5 Å². The quantitative estimate of drug-likeness (QED) is 0.521. The SMILES string of the molecule is COc1ccc(CC(=O)N/N=C\c2cc(C)n(-c3ccc(F)cc3)c2C)cc1. The number of benzene rings is 2. The number of nitrogens with zero attached hydrogens (tertiary/aromatic N) is 2. The van der Waals surface area contributed by atoms with Crippen LogP contribution in [0, 0.1) is 19.7 Å². The average Bonchev–Trinajstić information content (AvgIpc) is 2.97. The van der Waals surface area contributed by atoms with E-state index in [1.165, 1.54) is 12.1 Å². The molecule has 0 atom stereocenters. The first-order valence-corrected chi connectivity index (χ1v) is 8.87. The van der Waals surface area contributed by atoms with E-state index in [4.69, 9.17) is 4.74 Å². The highest BCUT2D eigenvalue weighted by atomic mass is 19.1. The largest absolute Gasteiger partial charge is 0.497 e. The van der Waals surface area contributed by atoms with Gasteiger partial charge in [0.05, 0.1) is 19.7 Å². The van der Waals surface area contributed by atoms with Gasteiger partial charge in [0.1, 0.15) is 11.6 Å². The molecule has 28 heavy (non-hydrogen) atoms. The van der Waals surface area contributed by atoms with Crippen molar-refractivity contribution >= 4 is 12.1 Å². The highest BCUT2D eigenvalue weighted by Crippen LogP contribution is 2.20. The van der Waals surface area contributed by atoms with Gasteiger partial charge in [-0.3, -0.25) is 4.79 Å². The lowest BCUT2D eigenvalue weighted by atomic mass is 10.1. The van der Waals surface area contributed by atoms with Crippen LogP contribution in [0.5, 0.6) is 5.75 Å². The molecule has 1 heterocycles. The third-order valence-electron chi connectivity index (χ3n) is 4.47. The smallest absolute Gasteiger partial charge is 0.244 e. The van der Waals surface area contributed by atoms with Crippen molar-refractivity contribution in [2.45, 2.75) is 20.3 Å². The molecule has 0 unspecified atom stereocenters. The van der Waals surface area contributed by atoms with E-state index in [0.29, 0.717) is 0 Å². The zero-order valence-corrected chi connectivity index (χ0v) is 16.1. The second-order valence-electron chi connectivity index (χ2n) is 6.46. The fraction of sp³-hybridized carbons (Fsp3) is 0.182. The second kappa shape index (κ2) is 8.52. The van der Waals surface area contributed by atoms with Gasteiger partial charge in [-0.2, -0.15) is 5.10 Å². The van der Waals surface area contributed by atoms with E-state index in [-0.39, 0.29) is 18.1 Å². The Morgan fingerprint density at radius 3 is 2.46 bits per heavy atom. The number of hydrogen-bond acceptors (Lipinski definition) is 3. The van der Waals surface area contributed by atoms with Crippen LogP contribution < -0.4 is 10.2 Å². The van der Waals surface area contributed by atoms with Crippen LogP contribution >= 0.6 is 0 Å². The Morgan fingerprint density at radius 1 is 1.14 bits per heavy atom. The number of methoxy groups -OCH3 is 1.